The summed E-state index contributed by atoms with van der Waals surface area (Å²) >= 11 is 1.66. The van der Waals surface area contributed by atoms with Crippen LogP contribution in [0.4, 0.5) is 0 Å². The zero-order valence-electron chi connectivity index (χ0n) is 6.82. The van der Waals surface area contributed by atoms with Gasteiger partial charge in [-0.05, 0) is 6.08 Å². The Morgan fingerprint density at radius 3 is 3.15 bits per heavy atom. The molecule has 0 bridgehead atoms. The summed E-state index contributed by atoms with van der Waals surface area (Å²) in [5.74, 6) is 5.36. The van der Waals surface area contributed by atoms with Gasteiger partial charge in [0.2, 0.25) is 5.91 Å². The summed E-state index contributed by atoms with van der Waals surface area (Å²) in [6.07, 6.45) is 2.25. The average molecular weight is 199 g/mol. The highest BCUT2D eigenvalue weighted by Crippen LogP contribution is 2.36. The predicted octanol–water partition coefficient (Wildman–Crippen LogP) is -0.835. The van der Waals surface area contributed by atoms with Crippen molar-refractivity contribution < 1.29 is 9.59 Å². The highest BCUT2D eigenvalue weighted by atomic mass is 32.2. The number of nitrogens with one attached hydrogen (secondary N) is 1. The maximum atomic E-state index is 11.2. The summed E-state index contributed by atoms with van der Waals surface area (Å²) in [6, 6.07) is 0. The van der Waals surface area contributed by atoms with Crippen molar-refractivity contribution in [3.63, 3.8) is 0 Å². The first-order chi connectivity index (χ1) is 6.24. The third-order valence-corrected chi connectivity index (χ3v) is 3.22. The summed E-state index contributed by atoms with van der Waals surface area (Å²) in [7, 11) is 0. The zero-order chi connectivity index (χ0) is 9.42. The van der Waals surface area contributed by atoms with Crippen LogP contribution in [-0.4, -0.2) is 27.8 Å². The molecule has 2 amide bonds. The normalized spacial score (nSPS) is 25.9. The van der Waals surface area contributed by atoms with E-state index in [0.717, 1.165) is 5.75 Å². The number of β-lactam (4-membered cyclic amide) rings is 1. The second kappa shape index (κ2) is 3.04. The fraction of sp³-hybridized carbons (Fsp3) is 0.429. The number of nitrogens with zero attached hydrogens (tertiary/aromatic N) is 1. The quantitative estimate of drug-likeness (QED) is 0.250. The lowest BCUT2D eigenvalue weighted by Crippen LogP contribution is -2.55. The molecule has 2 heterocycles. The number of fused-ring (bicyclic) bond motifs is 1. The minimum absolute atomic E-state index is 0.00736. The first kappa shape index (κ1) is 8.58. The topological polar surface area (TPSA) is 75.4 Å². The van der Waals surface area contributed by atoms with Gasteiger partial charge in [0.25, 0.3) is 5.91 Å². The van der Waals surface area contributed by atoms with E-state index in [1.54, 1.807) is 17.8 Å². The van der Waals surface area contributed by atoms with Gasteiger partial charge in [0, 0.05) is 5.75 Å². The molecule has 5 nitrogen and oxygen atoms in total. The third-order valence-electron chi connectivity index (χ3n) is 2.09. The van der Waals surface area contributed by atoms with E-state index in [0.29, 0.717) is 12.1 Å². The molecule has 2 aliphatic heterocycles. The Kier molecular flexibility index (Phi) is 2.01. The van der Waals surface area contributed by atoms with Crippen LogP contribution in [0.25, 0.3) is 0 Å². The SMILES string of the molecule is NNC(=O)C1=CCS[C@H]2CC(=O)N12. The fourth-order valence-electron chi connectivity index (χ4n) is 1.42. The van der Waals surface area contributed by atoms with Gasteiger partial charge in [-0.25, -0.2) is 5.84 Å². The smallest absolute Gasteiger partial charge is 0.281 e. The number of rotatable bonds is 1. The van der Waals surface area contributed by atoms with Gasteiger partial charge >= 0.3 is 0 Å². The van der Waals surface area contributed by atoms with Crippen LogP contribution < -0.4 is 11.3 Å². The average Bonchev–Trinajstić information content (AvgIpc) is 2.14. The van der Waals surface area contributed by atoms with Crippen molar-refractivity contribution in [2.24, 2.45) is 5.84 Å². The second-order valence-corrected chi connectivity index (χ2v) is 4.03. The second-order valence-electron chi connectivity index (χ2n) is 2.82. The van der Waals surface area contributed by atoms with Gasteiger partial charge in [-0.1, -0.05) is 0 Å². The van der Waals surface area contributed by atoms with Crippen LogP contribution in [0.15, 0.2) is 11.8 Å². The number of thioether (sulfide) groups is 1. The molecule has 0 aliphatic carbocycles. The Bertz CT molecular complexity index is 302. The predicted molar refractivity (Wildman–Crippen MR) is 48.1 cm³/mol. The van der Waals surface area contributed by atoms with Gasteiger partial charge in [-0.15, -0.1) is 11.8 Å². The monoisotopic (exact) mass is 199 g/mol. The Morgan fingerprint density at radius 1 is 1.77 bits per heavy atom. The largest absolute Gasteiger partial charge is 0.294 e. The van der Waals surface area contributed by atoms with Crippen LogP contribution in [0, 0.1) is 0 Å². The van der Waals surface area contributed by atoms with Gasteiger partial charge in [0.1, 0.15) is 5.70 Å². The fourth-order valence-corrected chi connectivity index (χ4v) is 2.54. The molecule has 1 fully saturated rings. The highest BCUT2D eigenvalue weighted by molar-refractivity contribution is 8.00. The van der Waals surface area contributed by atoms with Gasteiger partial charge < -0.3 is 0 Å². The number of nitrogens with two attached hydrogens (primary N) is 1. The molecular formula is C7H9N3O2S. The van der Waals surface area contributed by atoms with Crippen molar-refractivity contribution in [3.05, 3.63) is 11.8 Å². The van der Waals surface area contributed by atoms with Crippen LogP contribution in [0.3, 0.4) is 0 Å². The minimum Gasteiger partial charge on any atom is -0.294 e. The van der Waals surface area contributed by atoms with Crippen LogP contribution in [0.1, 0.15) is 6.42 Å². The molecule has 1 saturated heterocycles. The Morgan fingerprint density at radius 2 is 2.54 bits per heavy atom. The van der Waals surface area contributed by atoms with Gasteiger partial charge in [-0.3, -0.25) is 19.9 Å². The number of hydrogen-bond acceptors (Lipinski definition) is 4. The van der Waals surface area contributed by atoms with E-state index >= 15 is 0 Å². The number of carbonyl (C=O) groups excluding carboxylic acids is 2. The van der Waals surface area contributed by atoms with Crippen LogP contribution in [0.2, 0.25) is 0 Å². The molecule has 2 aliphatic rings. The summed E-state index contributed by atoms with van der Waals surface area (Å²) in [5.41, 5.74) is 2.42. The summed E-state index contributed by atoms with van der Waals surface area (Å²) in [5, 5.41) is 0.143. The van der Waals surface area contributed by atoms with Gasteiger partial charge in [0.15, 0.2) is 0 Å². The molecule has 3 N–H and O–H groups in total. The van der Waals surface area contributed by atoms with E-state index in [2.05, 4.69) is 0 Å². The lowest BCUT2D eigenvalue weighted by atomic mass is 10.1. The molecule has 0 unspecified atom stereocenters. The highest BCUT2D eigenvalue weighted by Gasteiger charge is 2.42. The molecule has 6 heteroatoms. The maximum Gasteiger partial charge on any atom is 0.281 e. The first-order valence-electron chi connectivity index (χ1n) is 3.89. The summed E-state index contributed by atoms with van der Waals surface area (Å²) < 4.78 is 0. The standard InChI is InChI=1S/C7H9N3O2S/c8-9-7(12)4-1-2-13-6-3-5(11)10(4)6/h1,6H,2-3,8H2,(H,9,12)/t6-/m0/s1. The molecule has 0 aromatic carbocycles. The van der Waals surface area contributed by atoms with E-state index in [1.165, 1.54) is 4.90 Å². The van der Waals surface area contributed by atoms with Crippen molar-refractivity contribution >= 4 is 23.6 Å². The van der Waals surface area contributed by atoms with Gasteiger partial charge in [-0.2, -0.15) is 0 Å². The van der Waals surface area contributed by atoms with Crippen molar-refractivity contribution in [2.75, 3.05) is 5.75 Å². The lowest BCUT2D eigenvalue weighted by molar-refractivity contribution is -0.141. The van der Waals surface area contributed by atoms with Crippen molar-refractivity contribution in [3.8, 4) is 0 Å². The maximum absolute atomic E-state index is 11.2. The molecule has 70 valence electrons. The van der Waals surface area contributed by atoms with Crippen LogP contribution in [0.5, 0.6) is 0 Å². The van der Waals surface area contributed by atoms with Crippen LogP contribution >= 0.6 is 11.8 Å². The zero-order valence-corrected chi connectivity index (χ0v) is 7.63. The Labute approximate surface area is 79.3 Å². The molecule has 0 spiro atoms. The third kappa shape index (κ3) is 1.22. The number of amides is 2. The number of hydrazine groups is 1. The summed E-state index contributed by atoms with van der Waals surface area (Å²) in [6.45, 7) is 0. The minimum atomic E-state index is -0.390. The molecule has 0 radical (unpaired) electrons. The molecule has 1 atom stereocenters. The molecule has 0 aromatic heterocycles. The van der Waals surface area contributed by atoms with Crippen molar-refractivity contribution in [1.29, 1.82) is 0 Å². The van der Waals surface area contributed by atoms with Crippen LogP contribution in [-0.2, 0) is 9.59 Å². The number of carbonyl (C=O) groups is 2. The molecule has 2 rings (SSSR count). The molecule has 0 saturated carbocycles. The van der Waals surface area contributed by atoms with E-state index in [1.807, 2.05) is 5.43 Å². The first-order valence-corrected chi connectivity index (χ1v) is 4.93. The van der Waals surface area contributed by atoms with E-state index in [-0.39, 0.29) is 11.3 Å². The molecule has 13 heavy (non-hydrogen) atoms. The van der Waals surface area contributed by atoms with Crippen molar-refractivity contribution in [1.82, 2.24) is 10.3 Å². The Hall–Kier alpha value is -1.01. The molecule has 0 aromatic rings. The van der Waals surface area contributed by atoms with Gasteiger partial charge in [0.05, 0.1) is 11.8 Å². The van der Waals surface area contributed by atoms with Crippen molar-refractivity contribution in [2.45, 2.75) is 11.8 Å². The Balaban J connectivity index is 2.21. The molecular weight excluding hydrogens is 190 g/mol. The van der Waals surface area contributed by atoms with E-state index < -0.39 is 5.91 Å². The number of hydrogen-bond donors (Lipinski definition) is 2. The summed E-state index contributed by atoms with van der Waals surface area (Å²) in [4.78, 5) is 23.8. The van der Waals surface area contributed by atoms with E-state index in [9.17, 15) is 9.59 Å². The lowest BCUT2D eigenvalue weighted by Gasteiger charge is -2.42. The van der Waals surface area contributed by atoms with E-state index in [4.69, 9.17) is 5.84 Å².